The number of hydrazine groups is 1. The third-order valence-corrected chi connectivity index (χ3v) is 3.07. The third kappa shape index (κ3) is 8.16. The molecule has 0 saturated carbocycles. The van der Waals surface area contributed by atoms with Crippen LogP contribution in [0.5, 0.6) is 0 Å². The highest BCUT2D eigenvalue weighted by molar-refractivity contribution is 5.88. The first-order chi connectivity index (χ1) is 11.6. The van der Waals surface area contributed by atoms with Crippen molar-refractivity contribution in [3.8, 4) is 0 Å². The van der Waals surface area contributed by atoms with E-state index in [0.29, 0.717) is 6.42 Å². The van der Waals surface area contributed by atoms with E-state index in [-0.39, 0.29) is 0 Å². The van der Waals surface area contributed by atoms with Gasteiger partial charge in [0.05, 0.1) is 6.04 Å². The van der Waals surface area contributed by atoms with Crippen LogP contribution in [0.3, 0.4) is 0 Å². The van der Waals surface area contributed by atoms with Crippen LogP contribution in [0.1, 0.15) is 33.3 Å². The Balaban J connectivity index is 2.39. The summed E-state index contributed by atoms with van der Waals surface area (Å²) >= 11 is 0. The first-order valence-corrected chi connectivity index (χ1v) is 7.97. The summed E-state index contributed by atoms with van der Waals surface area (Å²) in [4.78, 5) is 35.4. The minimum atomic E-state index is -0.888. The molecule has 1 unspecified atom stereocenters. The number of ether oxygens (including phenoxy) is 1. The largest absolute Gasteiger partial charge is 0.444 e. The van der Waals surface area contributed by atoms with Crippen LogP contribution in [0.25, 0.3) is 0 Å². The molecule has 0 aromatic heterocycles. The first kappa shape index (κ1) is 20.4. The smallest absolute Gasteiger partial charge is 0.408 e. The molecule has 0 aliphatic carbocycles. The van der Waals surface area contributed by atoms with E-state index in [1.807, 2.05) is 30.3 Å². The zero-order valence-electron chi connectivity index (χ0n) is 15.0. The highest BCUT2D eigenvalue weighted by Gasteiger charge is 2.22. The van der Waals surface area contributed by atoms with Crippen molar-refractivity contribution in [1.29, 1.82) is 0 Å². The molecule has 8 heteroatoms. The fourth-order valence-electron chi connectivity index (χ4n) is 1.83. The standard InChI is InChI=1S/C17H26N4O4/c1-11(19-16(24)25-17(2,3)4)14(22)20-21-15(23)13(18)10-12-8-6-5-7-9-12/h5-9,11,13H,10,18H2,1-4H3,(H,19,24)(H,20,22)(H,21,23)/t11-,13?/m0/s1. The molecule has 1 aromatic carbocycles. The van der Waals surface area contributed by atoms with Gasteiger partial charge in [0.15, 0.2) is 0 Å². The predicted molar refractivity (Wildman–Crippen MR) is 93.2 cm³/mol. The Morgan fingerprint density at radius 3 is 2.20 bits per heavy atom. The summed E-state index contributed by atoms with van der Waals surface area (Å²) in [5.41, 5.74) is 10.5. The molecule has 25 heavy (non-hydrogen) atoms. The zero-order valence-corrected chi connectivity index (χ0v) is 15.0. The number of rotatable bonds is 5. The number of hydrogen-bond acceptors (Lipinski definition) is 5. The van der Waals surface area contributed by atoms with Crippen LogP contribution in [-0.2, 0) is 20.7 Å². The average molecular weight is 350 g/mol. The number of hydrogen-bond donors (Lipinski definition) is 4. The van der Waals surface area contributed by atoms with Gasteiger partial charge in [0, 0.05) is 0 Å². The summed E-state index contributed by atoms with van der Waals surface area (Å²) in [6.07, 6.45) is -0.379. The van der Waals surface area contributed by atoms with Gasteiger partial charge in [-0.25, -0.2) is 4.79 Å². The number of carbonyl (C=O) groups excluding carboxylic acids is 3. The molecule has 0 spiro atoms. The Kier molecular flexibility index (Phi) is 7.38. The van der Waals surface area contributed by atoms with Crippen LogP contribution in [-0.4, -0.2) is 35.6 Å². The van der Waals surface area contributed by atoms with Gasteiger partial charge in [-0.05, 0) is 39.7 Å². The van der Waals surface area contributed by atoms with Gasteiger partial charge in [-0.3, -0.25) is 20.4 Å². The number of nitrogens with two attached hydrogens (primary N) is 1. The van der Waals surface area contributed by atoms with Gasteiger partial charge in [0.1, 0.15) is 11.6 Å². The van der Waals surface area contributed by atoms with Crippen LogP contribution in [0.15, 0.2) is 30.3 Å². The van der Waals surface area contributed by atoms with Crippen LogP contribution in [0, 0.1) is 0 Å². The second-order valence-corrected chi connectivity index (χ2v) is 6.64. The molecule has 2 atom stereocenters. The molecule has 0 saturated heterocycles. The predicted octanol–water partition coefficient (Wildman–Crippen LogP) is 0.617. The van der Waals surface area contributed by atoms with Crippen LogP contribution < -0.4 is 21.9 Å². The molecule has 5 N–H and O–H groups in total. The van der Waals surface area contributed by atoms with Crippen LogP contribution in [0.2, 0.25) is 0 Å². The number of amides is 3. The molecule has 1 aromatic rings. The van der Waals surface area contributed by atoms with E-state index in [9.17, 15) is 14.4 Å². The lowest BCUT2D eigenvalue weighted by atomic mass is 10.1. The highest BCUT2D eigenvalue weighted by atomic mass is 16.6. The number of carbonyl (C=O) groups is 3. The van der Waals surface area contributed by atoms with Gasteiger partial charge in [-0.2, -0.15) is 0 Å². The van der Waals surface area contributed by atoms with Crippen molar-refractivity contribution < 1.29 is 19.1 Å². The molecule has 0 aliphatic heterocycles. The molecular formula is C17H26N4O4. The summed E-state index contributed by atoms with van der Waals surface area (Å²) < 4.78 is 5.05. The quantitative estimate of drug-likeness (QED) is 0.580. The van der Waals surface area contributed by atoms with Gasteiger partial charge in [0.25, 0.3) is 11.8 Å². The van der Waals surface area contributed by atoms with E-state index >= 15 is 0 Å². The molecule has 0 bridgehead atoms. The maximum atomic E-state index is 11.9. The monoisotopic (exact) mass is 350 g/mol. The van der Waals surface area contributed by atoms with Crippen molar-refractivity contribution in [2.24, 2.45) is 5.73 Å². The van der Waals surface area contributed by atoms with Gasteiger partial charge in [0.2, 0.25) is 0 Å². The number of alkyl carbamates (subject to hydrolysis) is 1. The molecule has 0 heterocycles. The maximum absolute atomic E-state index is 11.9. The Labute approximate surface area is 147 Å². The van der Waals surface area contributed by atoms with Gasteiger partial charge >= 0.3 is 6.09 Å². The fraction of sp³-hybridized carbons (Fsp3) is 0.471. The summed E-state index contributed by atoms with van der Waals surface area (Å²) in [5.74, 6) is -1.12. The minimum absolute atomic E-state index is 0.342. The van der Waals surface area contributed by atoms with E-state index in [0.717, 1.165) is 5.56 Å². The van der Waals surface area contributed by atoms with Crippen LogP contribution >= 0.6 is 0 Å². The Bertz CT molecular complexity index is 598. The van der Waals surface area contributed by atoms with E-state index in [2.05, 4.69) is 16.2 Å². The van der Waals surface area contributed by atoms with Gasteiger partial charge in [-0.1, -0.05) is 30.3 Å². The third-order valence-electron chi connectivity index (χ3n) is 3.07. The molecule has 138 valence electrons. The SMILES string of the molecule is C[C@H](NC(=O)OC(C)(C)C)C(=O)NNC(=O)C(N)Cc1ccccc1. The second kappa shape index (κ2) is 9.03. The van der Waals surface area contributed by atoms with Crippen molar-refractivity contribution in [2.75, 3.05) is 0 Å². The Morgan fingerprint density at radius 2 is 1.64 bits per heavy atom. The minimum Gasteiger partial charge on any atom is -0.444 e. The van der Waals surface area contributed by atoms with Crippen molar-refractivity contribution >= 4 is 17.9 Å². The normalized spacial score (nSPS) is 13.3. The molecule has 0 radical (unpaired) electrons. The molecular weight excluding hydrogens is 324 g/mol. The van der Waals surface area contributed by atoms with E-state index in [4.69, 9.17) is 10.5 Å². The lowest BCUT2D eigenvalue weighted by Crippen LogP contribution is -2.55. The number of nitrogens with one attached hydrogen (secondary N) is 3. The maximum Gasteiger partial charge on any atom is 0.408 e. The van der Waals surface area contributed by atoms with Crippen molar-refractivity contribution in [3.63, 3.8) is 0 Å². The lowest BCUT2D eigenvalue weighted by Gasteiger charge is -2.22. The van der Waals surface area contributed by atoms with Crippen molar-refractivity contribution in [2.45, 2.75) is 51.8 Å². The van der Waals surface area contributed by atoms with E-state index in [1.165, 1.54) is 6.92 Å². The summed E-state index contributed by atoms with van der Waals surface area (Å²) in [7, 11) is 0. The molecule has 8 nitrogen and oxygen atoms in total. The summed E-state index contributed by atoms with van der Waals surface area (Å²) in [5, 5.41) is 2.37. The first-order valence-electron chi connectivity index (χ1n) is 7.97. The Hall–Kier alpha value is -2.61. The summed E-state index contributed by atoms with van der Waals surface area (Å²) in [6, 6.07) is 7.60. The number of benzene rings is 1. The van der Waals surface area contributed by atoms with Gasteiger partial charge in [-0.15, -0.1) is 0 Å². The van der Waals surface area contributed by atoms with Crippen molar-refractivity contribution in [1.82, 2.24) is 16.2 Å². The van der Waals surface area contributed by atoms with E-state index < -0.39 is 35.6 Å². The molecule has 3 amide bonds. The topological polar surface area (TPSA) is 123 Å². The second-order valence-electron chi connectivity index (χ2n) is 6.64. The van der Waals surface area contributed by atoms with E-state index in [1.54, 1.807) is 20.8 Å². The fourth-order valence-corrected chi connectivity index (χ4v) is 1.83. The average Bonchev–Trinajstić information content (AvgIpc) is 2.51. The highest BCUT2D eigenvalue weighted by Crippen LogP contribution is 2.06. The van der Waals surface area contributed by atoms with Crippen LogP contribution in [0.4, 0.5) is 4.79 Å². The van der Waals surface area contributed by atoms with Crippen molar-refractivity contribution in [3.05, 3.63) is 35.9 Å². The molecule has 1 rings (SSSR count). The molecule has 0 fully saturated rings. The summed E-state index contributed by atoms with van der Waals surface area (Å²) in [6.45, 7) is 6.61. The zero-order chi connectivity index (χ0) is 19.0. The lowest BCUT2D eigenvalue weighted by molar-refractivity contribution is -0.130. The van der Waals surface area contributed by atoms with Gasteiger partial charge < -0.3 is 15.8 Å². The Morgan fingerprint density at radius 1 is 1.08 bits per heavy atom. The molecule has 0 aliphatic rings.